The van der Waals surface area contributed by atoms with Gasteiger partial charge in [-0.1, -0.05) is 19.1 Å². The van der Waals surface area contributed by atoms with Crippen molar-refractivity contribution in [3.05, 3.63) is 35.8 Å². The summed E-state index contributed by atoms with van der Waals surface area (Å²) in [4.78, 5) is 4.67. The first-order valence-corrected chi connectivity index (χ1v) is 8.91. The van der Waals surface area contributed by atoms with E-state index < -0.39 is 18.3 Å². The lowest BCUT2D eigenvalue weighted by molar-refractivity contribution is 0.00578. The fourth-order valence-electron chi connectivity index (χ4n) is 3.15. The van der Waals surface area contributed by atoms with Crippen LogP contribution >= 0.6 is 0 Å². The minimum Gasteiger partial charge on any atom is -0.398 e. The zero-order valence-electron chi connectivity index (χ0n) is 15.9. The fraction of sp³-hybridized carbons (Fsp3) is 0.526. The molecule has 0 unspecified atom stereocenters. The smallest absolute Gasteiger partial charge is 0.398 e. The fourth-order valence-corrected chi connectivity index (χ4v) is 3.15. The Labute approximate surface area is 149 Å². The van der Waals surface area contributed by atoms with E-state index in [1.807, 2.05) is 70.4 Å². The molecular formula is C19H26BFN2O2. The van der Waals surface area contributed by atoms with E-state index in [4.69, 9.17) is 9.31 Å². The third kappa shape index (κ3) is 2.91. The second-order valence-electron chi connectivity index (χ2n) is 7.44. The molecule has 0 saturated carbocycles. The number of nitrogens with zero attached hydrogens (tertiary/aromatic N) is 2. The summed E-state index contributed by atoms with van der Waals surface area (Å²) in [7, 11) is -0.995. The molecule has 0 atom stereocenters. The second kappa shape index (κ2) is 6.25. The van der Waals surface area contributed by atoms with E-state index in [9.17, 15) is 0 Å². The summed E-state index contributed by atoms with van der Waals surface area (Å²) >= 11 is 0. The molecule has 1 fully saturated rings. The van der Waals surface area contributed by atoms with Crippen LogP contribution in [-0.4, -0.2) is 27.9 Å². The molecule has 6 heteroatoms. The number of allylic oxidation sites excluding steroid dienone is 1. The van der Waals surface area contributed by atoms with E-state index in [0.717, 1.165) is 17.6 Å². The van der Waals surface area contributed by atoms with Gasteiger partial charge in [-0.25, -0.2) is 9.37 Å². The number of hydrogen-bond acceptors (Lipinski definition) is 3. The van der Waals surface area contributed by atoms with Crippen LogP contribution in [0.2, 0.25) is 0 Å². The molecule has 0 spiro atoms. The van der Waals surface area contributed by atoms with Crippen LogP contribution in [0.25, 0.3) is 16.6 Å². The maximum Gasteiger partial charge on any atom is 0.525 e. The van der Waals surface area contributed by atoms with E-state index in [0.29, 0.717) is 17.8 Å². The minimum absolute atomic E-state index is 0.383. The summed E-state index contributed by atoms with van der Waals surface area (Å²) in [6.07, 6.45) is 0.513. The van der Waals surface area contributed by atoms with Gasteiger partial charge in [0.05, 0.1) is 22.2 Å². The molecular weight excluding hydrogens is 318 g/mol. The lowest BCUT2D eigenvalue weighted by Crippen LogP contribution is -2.41. The van der Waals surface area contributed by atoms with E-state index in [-0.39, 0.29) is 5.73 Å². The summed E-state index contributed by atoms with van der Waals surface area (Å²) in [6, 6.07) is 7.87. The quantitative estimate of drug-likeness (QED) is 0.749. The van der Waals surface area contributed by atoms with Crippen LogP contribution in [0.4, 0.5) is 4.39 Å². The van der Waals surface area contributed by atoms with Crippen molar-refractivity contribution in [3.63, 3.8) is 0 Å². The van der Waals surface area contributed by atoms with Crippen LogP contribution in [0.5, 0.6) is 0 Å². The Balaban J connectivity index is 2.10. The van der Waals surface area contributed by atoms with Gasteiger partial charge in [0, 0.05) is 12.1 Å². The van der Waals surface area contributed by atoms with Crippen LogP contribution in [0, 0.1) is 0 Å². The summed E-state index contributed by atoms with van der Waals surface area (Å²) in [6.45, 7) is 12.4. The van der Waals surface area contributed by atoms with Crippen molar-refractivity contribution in [2.45, 2.75) is 65.7 Å². The third-order valence-electron chi connectivity index (χ3n) is 5.34. The molecule has 4 nitrogen and oxygen atoms in total. The van der Waals surface area contributed by atoms with E-state index in [1.165, 1.54) is 0 Å². The Bertz CT molecular complexity index is 810. The van der Waals surface area contributed by atoms with E-state index in [2.05, 4.69) is 4.98 Å². The first-order valence-electron chi connectivity index (χ1n) is 8.91. The molecule has 1 saturated heterocycles. The number of rotatable bonds is 4. The van der Waals surface area contributed by atoms with Gasteiger partial charge in [0.25, 0.3) is 0 Å². The summed E-state index contributed by atoms with van der Waals surface area (Å²) in [5, 5.41) is 0. The molecule has 1 aliphatic rings. The maximum atomic E-state index is 15.4. The SMILES string of the molecule is CCC(=C(F)B1OC(C)(C)C(C)(C)O1)c1nc2ccccc2n1CC. The lowest BCUT2D eigenvalue weighted by Gasteiger charge is -2.32. The zero-order valence-corrected chi connectivity index (χ0v) is 15.9. The average molecular weight is 344 g/mol. The van der Waals surface area contributed by atoms with Crippen molar-refractivity contribution >= 4 is 23.7 Å². The minimum atomic E-state index is -0.995. The summed E-state index contributed by atoms with van der Waals surface area (Å²) in [5.41, 5.74) is 0.889. The number of benzene rings is 1. The Kier molecular flexibility index (Phi) is 4.54. The zero-order chi connectivity index (χ0) is 18.4. The van der Waals surface area contributed by atoms with Gasteiger partial charge in [-0.15, -0.1) is 0 Å². The van der Waals surface area contributed by atoms with Crippen LogP contribution in [0.1, 0.15) is 53.8 Å². The topological polar surface area (TPSA) is 36.3 Å². The van der Waals surface area contributed by atoms with Crippen LogP contribution in [0.15, 0.2) is 30.0 Å². The number of hydrogen-bond donors (Lipinski definition) is 0. The molecule has 1 aliphatic heterocycles. The molecule has 0 N–H and O–H groups in total. The first-order chi connectivity index (χ1) is 11.7. The molecule has 3 rings (SSSR count). The molecule has 0 aliphatic carbocycles. The third-order valence-corrected chi connectivity index (χ3v) is 5.34. The highest BCUT2D eigenvalue weighted by Crippen LogP contribution is 2.40. The van der Waals surface area contributed by atoms with Crippen LogP contribution in [0.3, 0.4) is 0 Å². The van der Waals surface area contributed by atoms with Crippen molar-refractivity contribution in [1.29, 1.82) is 0 Å². The second-order valence-corrected chi connectivity index (χ2v) is 7.44. The highest BCUT2D eigenvalue weighted by atomic mass is 19.1. The van der Waals surface area contributed by atoms with Gasteiger partial charge in [0.1, 0.15) is 11.6 Å². The molecule has 2 heterocycles. The highest BCUT2D eigenvalue weighted by molar-refractivity contribution is 6.55. The molecule has 0 radical (unpaired) electrons. The lowest BCUT2D eigenvalue weighted by atomic mass is 9.83. The average Bonchev–Trinajstić information content (AvgIpc) is 3.02. The van der Waals surface area contributed by atoms with Crippen LogP contribution < -0.4 is 0 Å². The maximum absolute atomic E-state index is 15.4. The molecule has 134 valence electrons. The number of halogens is 1. The molecule has 0 amide bonds. The molecule has 2 aromatic rings. The van der Waals surface area contributed by atoms with E-state index >= 15 is 4.39 Å². The Hall–Kier alpha value is -1.66. The van der Waals surface area contributed by atoms with Crippen molar-refractivity contribution in [2.75, 3.05) is 0 Å². The predicted molar refractivity (Wildman–Crippen MR) is 99.8 cm³/mol. The van der Waals surface area contributed by atoms with Crippen molar-refractivity contribution < 1.29 is 13.7 Å². The largest absolute Gasteiger partial charge is 0.525 e. The molecule has 1 aromatic carbocycles. The van der Waals surface area contributed by atoms with Gasteiger partial charge in [0.15, 0.2) is 0 Å². The first kappa shape index (κ1) is 18.1. The van der Waals surface area contributed by atoms with Gasteiger partial charge in [-0.2, -0.15) is 0 Å². The van der Waals surface area contributed by atoms with Crippen molar-refractivity contribution in [2.24, 2.45) is 0 Å². The van der Waals surface area contributed by atoms with Crippen LogP contribution in [-0.2, 0) is 15.9 Å². The van der Waals surface area contributed by atoms with Gasteiger partial charge in [-0.3, -0.25) is 0 Å². The van der Waals surface area contributed by atoms with Gasteiger partial charge >= 0.3 is 7.12 Å². The molecule has 25 heavy (non-hydrogen) atoms. The standard InChI is InChI=1S/C19H26BFN2O2/c1-7-13(16(21)20-24-18(3,4)19(5,6)25-20)17-22-14-11-9-10-12-15(14)23(17)8-2/h9-12H,7-8H2,1-6H3. The molecule has 0 bridgehead atoms. The summed E-state index contributed by atoms with van der Waals surface area (Å²) < 4.78 is 29.2. The number of aryl methyl sites for hydroxylation is 1. The number of imidazole rings is 1. The normalized spacial score (nSPS) is 20.2. The Morgan fingerprint density at radius 1 is 1.12 bits per heavy atom. The van der Waals surface area contributed by atoms with Gasteiger partial charge < -0.3 is 13.9 Å². The Morgan fingerprint density at radius 2 is 1.72 bits per heavy atom. The summed E-state index contributed by atoms with van der Waals surface area (Å²) in [5.74, 6) is 0.651. The molecule has 1 aromatic heterocycles. The van der Waals surface area contributed by atoms with Gasteiger partial charge in [-0.05, 0) is 53.2 Å². The highest BCUT2D eigenvalue weighted by Gasteiger charge is 2.53. The predicted octanol–water partition coefficient (Wildman–Crippen LogP) is 4.78. The van der Waals surface area contributed by atoms with Gasteiger partial charge in [0.2, 0.25) is 0 Å². The number of fused-ring (bicyclic) bond motifs is 1. The van der Waals surface area contributed by atoms with E-state index in [1.54, 1.807) is 0 Å². The number of para-hydroxylation sites is 2. The van der Waals surface area contributed by atoms with Crippen molar-refractivity contribution in [3.8, 4) is 0 Å². The Morgan fingerprint density at radius 3 is 2.28 bits per heavy atom. The number of aromatic nitrogens is 2. The monoisotopic (exact) mass is 344 g/mol. The van der Waals surface area contributed by atoms with Crippen molar-refractivity contribution in [1.82, 2.24) is 9.55 Å².